The number of rotatable bonds is 12. The van der Waals surface area contributed by atoms with Crippen molar-refractivity contribution in [2.24, 2.45) is 0 Å². The first-order chi connectivity index (χ1) is 44.3. The van der Waals surface area contributed by atoms with Gasteiger partial charge in [0.05, 0.1) is 23.0 Å². The van der Waals surface area contributed by atoms with Crippen molar-refractivity contribution in [3.05, 3.63) is 244 Å². The summed E-state index contributed by atoms with van der Waals surface area (Å²) in [7, 11) is -6.18. The van der Waals surface area contributed by atoms with Gasteiger partial charge < -0.3 is 9.80 Å². The Morgan fingerprint density at radius 3 is 1.45 bits per heavy atom. The molecule has 0 aliphatic carbocycles. The lowest BCUT2D eigenvalue weighted by molar-refractivity contribution is 0.0638. The second-order valence-electron chi connectivity index (χ2n) is 24.3. The molecule has 8 heterocycles. The van der Waals surface area contributed by atoms with Crippen LogP contribution in [0.1, 0.15) is 204 Å². The van der Waals surface area contributed by atoms with Crippen LogP contribution in [0.5, 0.6) is 0 Å². The van der Waals surface area contributed by atoms with Crippen LogP contribution in [0.4, 0.5) is 8.78 Å². The minimum absolute atomic E-state index is 0.00376. The van der Waals surface area contributed by atoms with Gasteiger partial charge >= 0.3 is 0 Å². The van der Waals surface area contributed by atoms with E-state index < -0.39 is 25.6 Å². The highest BCUT2D eigenvalue weighted by Gasteiger charge is 2.24. The molecule has 0 bridgehead atoms. The maximum atomic E-state index is 12.5. The molecule has 2 fully saturated rings. The van der Waals surface area contributed by atoms with Crippen LogP contribution in [-0.2, 0) is 26.1 Å². The largest absolute Gasteiger partial charge is 0.337 e. The molecule has 2 aliphatic heterocycles. The third-order valence-corrected chi connectivity index (χ3v) is 16.6. The summed E-state index contributed by atoms with van der Waals surface area (Å²) in [6.45, 7) is 32.1. The molecular weight excluding hydrogens is 1250 g/mol. The molecule has 94 heavy (non-hydrogen) atoms. The van der Waals surface area contributed by atoms with E-state index in [2.05, 4.69) is 113 Å². The minimum atomic E-state index is -3.16. The number of benzene rings is 2. The van der Waals surface area contributed by atoms with Crippen LogP contribution < -0.4 is 0 Å². The number of nitrogens with zero attached hydrogens (tertiary/aromatic N) is 9. The molecular formula is C74H96ClF2N9O6S2. The number of hydrogen-bond acceptors (Lipinski definition) is 13. The normalized spacial score (nSPS) is 12.3. The number of pyridine rings is 5. The van der Waals surface area contributed by atoms with Crippen molar-refractivity contribution in [1.29, 1.82) is 0 Å². The van der Waals surface area contributed by atoms with Crippen molar-refractivity contribution in [2.45, 2.75) is 162 Å². The highest BCUT2D eigenvalue weighted by Crippen LogP contribution is 2.20. The zero-order valence-electron chi connectivity index (χ0n) is 57.5. The van der Waals surface area contributed by atoms with E-state index in [0.29, 0.717) is 56.9 Å². The summed E-state index contributed by atoms with van der Waals surface area (Å²) in [6, 6.07) is 34.7. The number of halogens is 3. The fourth-order valence-corrected chi connectivity index (χ4v) is 9.23. The molecule has 2 saturated heterocycles. The zero-order chi connectivity index (χ0) is 70.1. The Kier molecular flexibility index (Phi) is 35.0. The lowest BCUT2D eigenvalue weighted by Crippen LogP contribution is -2.42. The van der Waals surface area contributed by atoms with Gasteiger partial charge in [0, 0.05) is 75.4 Å². The van der Waals surface area contributed by atoms with E-state index in [1.807, 2.05) is 96.7 Å². The molecule has 0 atom stereocenters. The van der Waals surface area contributed by atoms with Gasteiger partial charge in [-0.25, -0.2) is 41.2 Å². The number of sulfone groups is 2. The van der Waals surface area contributed by atoms with Gasteiger partial charge in [0.1, 0.15) is 22.4 Å². The average molecular weight is 1350 g/mol. The standard InChI is InChI=1S/C12H16N2O.C11H15N3O.C10H12.C9H13NO2S.C8H10ClN.2C8H10FN.C8H10O2S/c1-9(2)10-4-5-11(13-8-10)12(15)14-6-3-7-14;1-8(2)9-6-13-10(7-12-9)11(15)14-4-3-5-14;1-2-3-7-10-8-5-4-6-9-10;1-7(2)8-4-5-9(10-6-8)13(3,11)12;1-6(2)7-3-4-10-8(9)5-7;1-6(2)7-3-8(9)5-10-4-7;1-6(2)7-4-3-5-8(9)10-7;1-7-3-5-8(6-4-7)11(2,9)10/h4-5,8-9H,3,6-7H2,1-2H3;6-8H,3-5H2,1-2H3;2-6,8-9H,7H2,1H3;4-7H,1-3H3;3*3-6H,1-2H3;3-6H,1-2H3/b;;3-2+;;;;;. The summed E-state index contributed by atoms with van der Waals surface area (Å²) < 4.78 is 68.9. The highest BCUT2D eigenvalue weighted by atomic mass is 35.5. The predicted octanol–water partition coefficient (Wildman–Crippen LogP) is 16.9. The molecule has 2 aliphatic rings. The zero-order valence-corrected chi connectivity index (χ0v) is 59.9. The van der Waals surface area contributed by atoms with E-state index in [1.165, 1.54) is 41.3 Å². The molecule has 506 valence electrons. The second kappa shape index (κ2) is 41.0. The lowest BCUT2D eigenvalue weighted by Gasteiger charge is -2.30. The monoisotopic (exact) mass is 1340 g/mol. The first-order valence-electron chi connectivity index (χ1n) is 31.6. The number of hydrogen-bond donors (Lipinski definition) is 0. The summed E-state index contributed by atoms with van der Waals surface area (Å²) in [6.07, 6.45) is 21.2. The van der Waals surface area contributed by atoms with Gasteiger partial charge in [0.15, 0.2) is 24.7 Å². The van der Waals surface area contributed by atoms with E-state index in [9.17, 15) is 35.2 Å². The Balaban J connectivity index is 0.000000282. The van der Waals surface area contributed by atoms with Crippen LogP contribution in [0.15, 0.2) is 181 Å². The molecule has 0 spiro atoms. The summed E-state index contributed by atoms with van der Waals surface area (Å²) in [5.41, 5.74) is 9.61. The van der Waals surface area contributed by atoms with Gasteiger partial charge in [-0.2, -0.15) is 4.39 Å². The van der Waals surface area contributed by atoms with Crippen molar-refractivity contribution in [3.63, 3.8) is 0 Å². The first-order valence-corrected chi connectivity index (χ1v) is 35.8. The number of aryl methyl sites for hydroxylation is 1. The lowest BCUT2D eigenvalue weighted by atomic mass is 10.1. The number of carbonyl (C=O) groups excluding carboxylic acids is 2. The second-order valence-corrected chi connectivity index (χ2v) is 28.7. The molecule has 2 aromatic carbocycles. The third-order valence-electron chi connectivity index (χ3n) is 14.3. The topological polar surface area (TPSA) is 199 Å². The maximum absolute atomic E-state index is 12.5. The van der Waals surface area contributed by atoms with Crippen LogP contribution in [0, 0.1) is 18.7 Å². The average Bonchev–Trinajstić information content (AvgIpc) is 0.882. The predicted molar refractivity (Wildman–Crippen MR) is 376 cm³/mol. The van der Waals surface area contributed by atoms with Crippen molar-refractivity contribution >= 4 is 43.1 Å². The number of amides is 2. The van der Waals surface area contributed by atoms with E-state index in [-0.39, 0.29) is 22.7 Å². The molecule has 15 nitrogen and oxygen atoms in total. The van der Waals surface area contributed by atoms with E-state index >= 15 is 0 Å². The molecule has 10 rings (SSSR count). The molecule has 0 N–H and O–H groups in total. The smallest absolute Gasteiger partial charge is 0.274 e. The van der Waals surface area contributed by atoms with Gasteiger partial charge in [-0.3, -0.25) is 24.5 Å². The third kappa shape index (κ3) is 30.4. The van der Waals surface area contributed by atoms with Crippen molar-refractivity contribution < 1.29 is 35.2 Å². The quantitative estimate of drug-likeness (QED) is 0.0827. The van der Waals surface area contributed by atoms with Gasteiger partial charge in [0.25, 0.3) is 11.8 Å². The fourth-order valence-electron chi connectivity index (χ4n) is 7.85. The number of allylic oxidation sites excluding steroid dienone is 2. The van der Waals surface area contributed by atoms with Crippen molar-refractivity contribution in [2.75, 3.05) is 38.7 Å². The van der Waals surface area contributed by atoms with Gasteiger partial charge in [-0.1, -0.05) is 173 Å². The van der Waals surface area contributed by atoms with E-state index in [4.69, 9.17) is 11.6 Å². The molecule has 0 saturated carbocycles. The Morgan fingerprint density at radius 2 is 1.06 bits per heavy atom. The van der Waals surface area contributed by atoms with Crippen LogP contribution in [0.3, 0.4) is 0 Å². The van der Waals surface area contributed by atoms with E-state index in [1.54, 1.807) is 84.5 Å². The highest BCUT2D eigenvalue weighted by molar-refractivity contribution is 7.91. The first kappa shape index (κ1) is 80.2. The van der Waals surface area contributed by atoms with Gasteiger partial charge in [-0.05, 0) is 151 Å². The summed E-state index contributed by atoms with van der Waals surface area (Å²) in [4.78, 5) is 55.3. The maximum Gasteiger partial charge on any atom is 0.274 e. The van der Waals surface area contributed by atoms with Crippen molar-refractivity contribution in [1.82, 2.24) is 44.7 Å². The molecule has 20 heteroatoms. The van der Waals surface area contributed by atoms with Crippen LogP contribution in [0.2, 0.25) is 5.15 Å². The molecule has 8 aromatic rings. The minimum Gasteiger partial charge on any atom is -0.337 e. The molecule has 0 unspecified atom stereocenters. The number of aromatic nitrogens is 7. The SMILES string of the molecule is C/C=C/Cc1ccccc1.CC(C)c1ccc(C(=O)N2CCC2)nc1.CC(C)c1ccc(S(C)(=O)=O)nc1.CC(C)c1cccc(F)n1.CC(C)c1ccnc(Cl)c1.CC(C)c1cnc(C(=O)N2CCC2)cn1.CC(C)c1cncc(F)c1.Cc1ccc(S(C)(=O)=O)cc1. The molecule has 2 amide bonds. The van der Waals surface area contributed by atoms with Crippen LogP contribution in [-0.4, -0.2) is 112 Å². The fraction of sp³-hybridized carbons (Fsp3) is 0.392. The Bertz CT molecular complexity index is 3590. The molecule has 6 aromatic heterocycles. The summed E-state index contributed by atoms with van der Waals surface area (Å²) >= 11 is 5.68. The van der Waals surface area contributed by atoms with Gasteiger partial charge in [-0.15, -0.1) is 0 Å². The Labute approximate surface area is 563 Å². The Morgan fingerprint density at radius 1 is 0.521 bits per heavy atom. The van der Waals surface area contributed by atoms with Crippen LogP contribution >= 0.6 is 11.6 Å². The Hall–Kier alpha value is -8.00. The van der Waals surface area contributed by atoms with Gasteiger partial charge in [0.2, 0.25) is 5.95 Å². The van der Waals surface area contributed by atoms with Crippen molar-refractivity contribution in [3.8, 4) is 0 Å². The van der Waals surface area contributed by atoms with E-state index in [0.717, 1.165) is 79.8 Å². The molecule has 0 radical (unpaired) electrons. The number of carbonyl (C=O) groups is 2. The summed E-state index contributed by atoms with van der Waals surface area (Å²) in [5.74, 6) is 1.79. The number of likely N-dealkylation sites (tertiary alicyclic amines) is 2. The summed E-state index contributed by atoms with van der Waals surface area (Å²) in [5, 5.41) is 0.711. The van der Waals surface area contributed by atoms with Crippen LogP contribution in [0.25, 0.3) is 0 Å².